The maximum absolute atomic E-state index is 12.0. The second kappa shape index (κ2) is 4.80. The van der Waals surface area contributed by atoms with E-state index in [0.717, 1.165) is 4.31 Å². The molecule has 0 aliphatic heterocycles. The van der Waals surface area contributed by atoms with E-state index in [-0.39, 0.29) is 17.0 Å². The van der Waals surface area contributed by atoms with Crippen LogP contribution < -0.4 is 0 Å². The molecule has 0 amide bonds. The van der Waals surface area contributed by atoms with Crippen LogP contribution >= 0.6 is 0 Å². The number of hydrogen-bond donors (Lipinski definition) is 0. The summed E-state index contributed by atoms with van der Waals surface area (Å²) >= 11 is 0. The topological polar surface area (TPSA) is 61.2 Å². The van der Waals surface area contributed by atoms with E-state index in [9.17, 15) is 8.42 Å². The predicted octanol–water partition coefficient (Wildman–Crippen LogP) is 0.812. The fourth-order valence-corrected chi connectivity index (χ4v) is 2.39. The number of nitrogens with zero attached hydrogens (tertiary/aromatic N) is 2. The Kier molecular flexibility index (Phi) is 3.68. The Hall–Kier alpha value is -1.82. The van der Waals surface area contributed by atoms with Gasteiger partial charge < -0.3 is 0 Å². The lowest BCUT2D eigenvalue weighted by atomic mass is 10.2. The molecule has 0 saturated carbocycles. The van der Waals surface area contributed by atoms with Crippen molar-refractivity contribution >= 4 is 10.0 Å². The lowest BCUT2D eigenvalue weighted by molar-refractivity contribution is 0.503. The van der Waals surface area contributed by atoms with Crippen LogP contribution in [0.25, 0.3) is 0 Å². The van der Waals surface area contributed by atoms with Gasteiger partial charge in [0.25, 0.3) is 0 Å². The summed E-state index contributed by atoms with van der Waals surface area (Å²) in [6, 6.07) is 7.86. The maximum Gasteiger partial charge on any atom is 0.245 e. The van der Waals surface area contributed by atoms with Crippen LogP contribution in [0, 0.1) is 23.7 Å². The highest BCUT2D eigenvalue weighted by Gasteiger charge is 2.22. The highest BCUT2D eigenvalue weighted by Crippen LogP contribution is 2.17. The fourth-order valence-electron chi connectivity index (χ4n) is 1.17. The number of nitriles is 1. The summed E-state index contributed by atoms with van der Waals surface area (Å²) in [4.78, 5) is -0.0183. The molecule has 0 unspecified atom stereocenters. The van der Waals surface area contributed by atoms with Crippen molar-refractivity contribution in [3.8, 4) is 18.4 Å². The molecule has 1 aromatic rings. The van der Waals surface area contributed by atoms with Gasteiger partial charge in [-0.2, -0.15) is 9.57 Å². The van der Waals surface area contributed by atoms with Crippen LogP contribution in [-0.2, 0) is 10.0 Å². The normalized spacial score (nSPS) is 10.8. The van der Waals surface area contributed by atoms with Crippen molar-refractivity contribution in [3.05, 3.63) is 29.8 Å². The van der Waals surface area contributed by atoms with E-state index in [1.165, 1.54) is 19.2 Å². The van der Waals surface area contributed by atoms with Gasteiger partial charge in [-0.15, -0.1) is 6.42 Å². The molecule has 0 aliphatic carbocycles. The molecule has 0 bridgehead atoms. The summed E-state index contributed by atoms with van der Waals surface area (Å²) in [5.74, 6) is 2.24. The Morgan fingerprint density at radius 2 is 2.06 bits per heavy atom. The maximum atomic E-state index is 12.0. The van der Waals surface area contributed by atoms with Crippen molar-refractivity contribution in [3.63, 3.8) is 0 Å². The number of hydrogen-bond acceptors (Lipinski definition) is 3. The second-order valence-electron chi connectivity index (χ2n) is 3.07. The van der Waals surface area contributed by atoms with Gasteiger partial charge in [0.05, 0.1) is 17.0 Å². The van der Waals surface area contributed by atoms with Crippen molar-refractivity contribution < 1.29 is 8.42 Å². The van der Waals surface area contributed by atoms with E-state index in [4.69, 9.17) is 11.7 Å². The van der Waals surface area contributed by atoms with Crippen molar-refractivity contribution in [2.24, 2.45) is 0 Å². The van der Waals surface area contributed by atoms with Gasteiger partial charge in [0.1, 0.15) is 6.07 Å². The first-order valence-electron chi connectivity index (χ1n) is 4.43. The molecule has 0 saturated heterocycles. The lowest BCUT2D eigenvalue weighted by Gasteiger charge is -2.14. The number of terminal acetylenes is 1. The molecule has 16 heavy (non-hydrogen) atoms. The largest absolute Gasteiger partial charge is 0.245 e. The third kappa shape index (κ3) is 2.22. The van der Waals surface area contributed by atoms with E-state index < -0.39 is 10.0 Å². The van der Waals surface area contributed by atoms with Gasteiger partial charge in [0, 0.05) is 7.05 Å². The van der Waals surface area contributed by atoms with Gasteiger partial charge in [-0.25, -0.2) is 8.42 Å². The quantitative estimate of drug-likeness (QED) is 0.727. The molecule has 0 radical (unpaired) electrons. The van der Waals surface area contributed by atoms with E-state index in [0.29, 0.717) is 0 Å². The van der Waals surface area contributed by atoms with Gasteiger partial charge >= 0.3 is 0 Å². The first kappa shape index (κ1) is 12.3. The molecule has 0 heterocycles. The molecule has 0 aromatic heterocycles. The van der Waals surface area contributed by atoms with E-state index >= 15 is 0 Å². The summed E-state index contributed by atoms with van der Waals surface area (Å²) in [5.41, 5.74) is 0.117. The van der Waals surface area contributed by atoms with E-state index in [2.05, 4.69) is 5.92 Å². The van der Waals surface area contributed by atoms with Crippen LogP contribution in [0.3, 0.4) is 0 Å². The molecule has 1 rings (SSSR count). The average molecular weight is 234 g/mol. The molecule has 5 heteroatoms. The second-order valence-corrected chi connectivity index (χ2v) is 5.09. The zero-order chi connectivity index (χ0) is 12.2. The minimum absolute atomic E-state index is 0.0183. The number of rotatable bonds is 3. The molecule has 0 aliphatic rings. The first-order valence-corrected chi connectivity index (χ1v) is 5.87. The molecule has 0 N–H and O–H groups in total. The molecule has 0 atom stereocenters. The monoisotopic (exact) mass is 234 g/mol. The number of sulfonamides is 1. The van der Waals surface area contributed by atoms with Gasteiger partial charge in [-0.1, -0.05) is 18.1 Å². The van der Waals surface area contributed by atoms with Crippen molar-refractivity contribution in [2.45, 2.75) is 4.90 Å². The van der Waals surface area contributed by atoms with Crippen molar-refractivity contribution in [1.29, 1.82) is 5.26 Å². The van der Waals surface area contributed by atoms with E-state index in [1.807, 2.05) is 6.07 Å². The SMILES string of the molecule is C#CCN(C)S(=O)(=O)c1ccccc1C#N. The van der Waals surface area contributed by atoms with Crippen LogP contribution in [0.4, 0.5) is 0 Å². The Morgan fingerprint density at radius 3 is 2.62 bits per heavy atom. The standard InChI is InChI=1S/C11H10N2O2S/c1-3-8-13(2)16(14,15)11-7-5-4-6-10(11)9-12/h1,4-7H,8H2,2H3. The van der Waals surface area contributed by atoms with Gasteiger partial charge in [-0.3, -0.25) is 0 Å². The molecule has 0 fully saturated rings. The lowest BCUT2D eigenvalue weighted by Crippen LogP contribution is -2.27. The molecule has 82 valence electrons. The predicted molar refractivity (Wildman–Crippen MR) is 59.8 cm³/mol. The van der Waals surface area contributed by atoms with Gasteiger partial charge in [0.2, 0.25) is 10.0 Å². The first-order chi connectivity index (χ1) is 7.54. The van der Waals surface area contributed by atoms with Crippen LogP contribution in [-0.4, -0.2) is 26.3 Å². The minimum Gasteiger partial charge on any atom is -0.207 e. The van der Waals surface area contributed by atoms with Gasteiger partial charge in [0.15, 0.2) is 0 Å². The molecular formula is C11H10N2O2S. The van der Waals surface area contributed by atoms with Crippen LogP contribution in [0.5, 0.6) is 0 Å². The zero-order valence-electron chi connectivity index (χ0n) is 8.71. The Balaban J connectivity index is 3.30. The molecule has 1 aromatic carbocycles. The summed E-state index contributed by atoms with van der Waals surface area (Å²) in [6.45, 7) is -0.0257. The van der Waals surface area contributed by atoms with Crippen LogP contribution in [0.1, 0.15) is 5.56 Å². The molecule has 4 nitrogen and oxygen atoms in total. The highest BCUT2D eigenvalue weighted by atomic mass is 32.2. The van der Waals surface area contributed by atoms with Gasteiger partial charge in [-0.05, 0) is 12.1 Å². The molecule has 0 spiro atoms. The Bertz CT molecular complexity index is 564. The third-order valence-electron chi connectivity index (χ3n) is 2.01. The van der Waals surface area contributed by atoms with Crippen molar-refractivity contribution in [1.82, 2.24) is 4.31 Å². The Labute approximate surface area is 95.2 Å². The van der Waals surface area contributed by atoms with Crippen molar-refractivity contribution in [2.75, 3.05) is 13.6 Å². The average Bonchev–Trinajstić information content (AvgIpc) is 2.29. The summed E-state index contributed by atoms with van der Waals surface area (Å²) < 4.78 is 25.0. The molecular weight excluding hydrogens is 224 g/mol. The van der Waals surface area contributed by atoms with Crippen LogP contribution in [0.15, 0.2) is 29.2 Å². The summed E-state index contributed by atoms with van der Waals surface area (Å²) in [7, 11) is -2.30. The summed E-state index contributed by atoms with van der Waals surface area (Å²) in [5, 5.41) is 8.82. The number of benzene rings is 1. The fraction of sp³-hybridized carbons (Fsp3) is 0.182. The smallest absolute Gasteiger partial charge is 0.207 e. The summed E-state index contributed by atoms with van der Waals surface area (Å²) in [6.07, 6.45) is 5.05. The van der Waals surface area contributed by atoms with E-state index in [1.54, 1.807) is 12.1 Å². The Morgan fingerprint density at radius 1 is 1.44 bits per heavy atom. The third-order valence-corrected chi connectivity index (χ3v) is 3.87. The highest BCUT2D eigenvalue weighted by molar-refractivity contribution is 7.89. The minimum atomic E-state index is -3.68. The van der Waals surface area contributed by atoms with Crippen LogP contribution in [0.2, 0.25) is 0 Å². The zero-order valence-corrected chi connectivity index (χ0v) is 9.53.